The lowest BCUT2D eigenvalue weighted by Crippen LogP contribution is -2.79. The minimum Gasteiger partial charge on any atom is -0.462 e. The number of hydrogen-bond donors (Lipinski definition) is 2. The summed E-state index contributed by atoms with van der Waals surface area (Å²) in [4.78, 5) is 24.8. The van der Waals surface area contributed by atoms with Gasteiger partial charge < -0.3 is 19.7 Å². The molecule has 1 aromatic carbocycles. The fraction of sp³-hybridized carbons (Fsp3) is 0.707. The number of cyclic esters (lactones) is 1. The molecule has 6 rings (SSSR count). The van der Waals surface area contributed by atoms with Gasteiger partial charge in [-0.3, -0.25) is 4.79 Å². The number of fused-ring (bicyclic) bond motifs is 1. The highest BCUT2D eigenvalue weighted by molar-refractivity contribution is 5.85. The van der Waals surface area contributed by atoms with Gasteiger partial charge in [0.25, 0.3) is 0 Å². The zero-order valence-electron chi connectivity index (χ0n) is 29.2. The molecule has 0 radical (unpaired) electrons. The third kappa shape index (κ3) is 6.05. The second kappa shape index (κ2) is 13.5. The minimum atomic E-state index is -1.26. The molecule has 1 spiro atoms. The number of hydrogen-bond acceptors (Lipinski definition) is 6. The first kappa shape index (κ1) is 34.4. The Balaban J connectivity index is 1.38. The van der Waals surface area contributed by atoms with E-state index >= 15 is 0 Å². The van der Waals surface area contributed by atoms with E-state index in [1.54, 1.807) is 6.08 Å². The highest BCUT2D eigenvalue weighted by Crippen LogP contribution is 2.74. The summed E-state index contributed by atoms with van der Waals surface area (Å²) in [7, 11) is 0. The summed E-state index contributed by atoms with van der Waals surface area (Å²) in [5.41, 5.74) is -0.763. The molecule has 1 aliphatic heterocycles. The van der Waals surface area contributed by atoms with E-state index in [0.29, 0.717) is 37.5 Å². The molecule has 2 bridgehead atoms. The van der Waals surface area contributed by atoms with E-state index in [2.05, 4.69) is 63.3 Å². The third-order valence-corrected chi connectivity index (χ3v) is 13.8. The van der Waals surface area contributed by atoms with Gasteiger partial charge in [0.1, 0.15) is 12.7 Å². The zero-order valence-corrected chi connectivity index (χ0v) is 29.2. The molecule has 6 heteroatoms. The van der Waals surface area contributed by atoms with Crippen LogP contribution in [0.3, 0.4) is 0 Å². The molecule has 47 heavy (non-hydrogen) atoms. The Hall–Kier alpha value is -2.44. The zero-order chi connectivity index (χ0) is 33.5. The van der Waals surface area contributed by atoms with Gasteiger partial charge in [0.2, 0.25) is 0 Å². The van der Waals surface area contributed by atoms with Gasteiger partial charge in [0.15, 0.2) is 0 Å². The highest BCUT2D eigenvalue weighted by Gasteiger charge is 2.77. The van der Waals surface area contributed by atoms with Gasteiger partial charge >= 0.3 is 11.9 Å². The van der Waals surface area contributed by atoms with Crippen LogP contribution in [0.4, 0.5) is 0 Å². The molecule has 258 valence electrons. The monoisotopic (exact) mass is 646 g/mol. The molecule has 0 unspecified atom stereocenters. The molecule has 2 N–H and O–H groups in total. The lowest BCUT2D eigenvalue weighted by atomic mass is 9.32. The Morgan fingerprint density at radius 1 is 1.09 bits per heavy atom. The first-order valence-corrected chi connectivity index (χ1v) is 18.6. The van der Waals surface area contributed by atoms with E-state index in [0.717, 1.165) is 56.9 Å². The molecule has 6 nitrogen and oxygen atoms in total. The van der Waals surface area contributed by atoms with Gasteiger partial charge in [-0.1, -0.05) is 88.9 Å². The molecule has 9 atom stereocenters. The Bertz CT molecular complexity index is 1350. The largest absolute Gasteiger partial charge is 0.462 e. The number of esters is 2. The van der Waals surface area contributed by atoms with Crippen LogP contribution in [0.15, 0.2) is 54.1 Å². The number of aryl methyl sites for hydroxylation is 1. The van der Waals surface area contributed by atoms with Gasteiger partial charge in [-0.05, 0) is 98.5 Å². The Morgan fingerprint density at radius 2 is 1.83 bits per heavy atom. The van der Waals surface area contributed by atoms with Crippen LogP contribution in [0.1, 0.15) is 117 Å². The van der Waals surface area contributed by atoms with Crippen LogP contribution >= 0.6 is 0 Å². The lowest BCUT2D eigenvalue weighted by molar-refractivity contribution is -0.331. The number of ether oxygens (including phenoxy) is 2. The number of carbonyl (C=O) groups is 2. The van der Waals surface area contributed by atoms with E-state index in [1.165, 1.54) is 25.3 Å². The number of benzene rings is 1. The quantitative estimate of drug-likeness (QED) is 0.177. The van der Waals surface area contributed by atoms with Crippen molar-refractivity contribution in [1.29, 1.82) is 0 Å². The second-order valence-corrected chi connectivity index (χ2v) is 16.5. The fourth-order valence-electron chi connectivity index (χ4n) is 11.5. The normalized spacial score (nSPS) is 38.9. The average molecular weight is 647 g/mol. The summed E-state index contributed by atoms with van der Waals surface area (Å²) in [6.07, 6.45) is 17.9. The van der Waals surface area contributed by atoms with Gasteiger partial charge in [0, 0.05) is 29.7 Å². The van der Waals surface area contributed by atoms with E-state index in [1.807, 2.05) is 0 Å². The van der Waals surface area contributed by atoms with E-state index in [-0.39, 0.29) is 41.9 Å². The summed E-state index contributed by atoms with van der Waals surface area (Å²) < 4.78 is 11.6. The first-order valence-electron chi connectivity index (χ1n) is 18.6. The summed E-state index contributed by atoms with van der Waals surface area (Å²) in [6.45, 7) is 8.62. The molecule has 0 saturated heterocycles. The number of carbonyl (C=O) groups excluding carboxylic acids is 2. The maximum Gasteiger partial charge on any atom is 0.331 e. The van der Waals surface area contributed by atoms with Gasteiger partial charge in [-0.15, -0.1) is 0 Å². The molecular formula is C41H58O6. The number of aliphatic hydroxyl groups is 2. The number of rotatable bonds is 12. The smallest absolute Gasteiger partial charge is 0.331 e. The van der Waals surface area contributed by atoms with Crippen LogP contribution < -0.4 is 0 Å². The molecule has 0 aromatic heterocycles. The molecular weight excluding hydrogens is 588 g/mol. The Kier molecular flexibility index (Phi) is 9.86. The van der Waals surface area contributed by atoms with Crippen molar-refractivity contribution in [3.05, 3.63) is 59.7 Å². The summed E-state index contributed by atoms with van der Waals surface area (Å²) in [5, 5.41) is 26.2. The van der Waals surface area contributed by atoms with Crippen molar-refractivity contribution in [1.82, 2.24) is 0 Å². The average Bonchev–Trinajstić information content (AvgIpc) is 3.73. The summed E-state index contributed by atoms with van der Waals surface area (Å²) in [6, 6.07) is 10.7. The maximum absolute atomic E-state index is 13.6. The molecule has 3 fully saturated rings. The van der Waals surface area contributed by atoms with Gasteiger partial charge in [0.05, 0.1) is 11.7 Å². The van der Waals surface area contributed by atoms with Crippen LogP contribution in [0.5, 0.6) is 0 Å². The first-order chi connectivity index (χ1) is 22.4. The Morgan fingerprint density at radius 3 is 2.51 bits per heavy atom. The topological polar surface area (TPSA) is 93.1 Å². The van der Waals surface area contributed by atoms with Crippen LogP contribution in [-0.4, -0.2) is 46.6 Å². The molecule has 5 aliphatic rings. The highest BCUT2D eigenvalue weighted by atomic mass is 16.5. The number of aliphatic hydroxyl groups excluding tert-OH is 1. The molecule has 0 amide bonds. The van der Waals surface area contributed by atoms with Crippen molar-refractivity contribution >= 4 is 11.9 Å². The van der Waals surface area contributed by atoms with E-state index in [4.69, 9.17) is 9.47 Å². The SMILES string of the molecule is CC(=O)O[C@@H]1C[C@@]2(C)C=C[C@H](CC[C@H](C)CCCc3ccccc3)[C@@]3([C@@H](O)CC[C@@](C)(C4CCCC4)[C@@H]13)[C@@]2(O)CCC1=CC(=O)OC1. The van der Waals surface area contributed by atoms with Crippen LogP contribution in [0.2, 0.25) is 0 Å². The van der Waals surface area contributed by atoms with E-state index < -0.39 is 22.5 Å². The fourth-order valence-corrected chi connectivity index (χ4v) is 11.5. The van der Waals surface area contributed by atoms with Crippen molar-refractivity contribution in [2.24, 2.45) is 39.9 Å². The predicted octanol–water partition coefficient (Wildman–Crippen LogP) is 7.90. The molecule has 1 aromatic rings. The molecule has 4 aliphatic carbocycles. The van der Waals surface area contributed by atoms with Crippen molar-refractivity contribution < 1.29 is 29.3 Å². The van der Waals surface area contributed by atoms with Crippen molar-refractivity contribution in [3.8, 4) is 0 Å². The van der Waals surface area contributed by atoms with Crippen molar-refractivity contribution in [3.63, 3.8) is 0 Å². The lowest BCUT2D eigenvalue weighted by Gasteiger charge is -2.74. The number of allylic oxidation sites excluding steroid dienone is 1. The standard InChI is InChI=1S/C41H58O6/c1-28(11-10-14-30-12-6-5-7-13-30)17-18-33-20-22-38(3)26-34(47-29(2)42)37-39(4,32-15-8-9-16-32)23-21-35(43)41(33,37)40(38,45)24-19-31-25-36(44)46-27-31/h5-7,12-13,20,22,25,28,32-35,37,43,45H,8-11,14-19,21,23-24,26-27H2,1-4H3/t28-,33+,34-,35+,37-,38-,39+,40-,41+/m1/s1. The van der Waals surface area contributed by atoms with Gasteiger partial charge in [-0.25, -0.2) is 4.79 Å². The van der Waals surface area contributed by atoms with Crippen LogP contribution in [-0.2, 0) is 25.5 Å². The van der Waals surface area contributed by atoms with Crippen molar-refractivity contribution in [2.45, 2.75) is 135 Å². The summed E-state index contributed by atoms with van der Waals surface area (Å²) >= 11 is 0. The van der Waals surface area contributed by atoms with Crippen LogP contribution in [0.25, 0.3) is 0 Å². The van der Waals surface area contributed by atoms with Crippen molar-refractivity contribution in [2.75, 3.05) is 6.61 Å². The maximum atomic E-state index is 13.6. The predicted molar refractivity (Wildman–Crippen MR) is 183 cm³/mol. The van der Waals surface area contributed by atoms with E-state index in [9.17, 15) is 19.8 Å². The summed E-state index contributed by atoms with van der Waals surface area (Å²) in [5.74, 6) is 0.124. The molecule has 1 heterocycles. The molecule has 3 saturated carbocycles. The minimum absolute atomic E-state index is 0.0630. The van der Waals surface area contributed by atoms with Gasteiger partial charge in [-0.2, -0.15) is 0 Å². The third-order valence-electron chi connectivity index (χ3n) is 13.8. The second-order valence-electron chi connectivity index (χ2n) is 16.5. The van der Waals surface area contributed by atoms with Crippen LogP contribution in [0, 0.1) is 39.9 Å². The Labute approximate surface area is 282 Å².